The summed E-state index contributed by atoms with van der Waals surface area (Å²) >= 11 is 1.87. The van der Waals surface area contributed by atoms with E-state index in [-0.39, 0.29) is 18.3 Å². The van der Waals surface area contributed by atoms with Crippen LogP contribution in [0.5, 0.6) is 0 Å². The Balaban J connectivity index is 1.59. The Bertz CT molecular complexity index is 795. The Hall–Kier alpha value is -2.39. The zero-order valence-corrected chi connectivity index (χ0v) is 15.2. The molecule has 3 rings (SSSR count). The van der Waals surface area contributed by atoms with Crippen LogP contribution in [0.4, 0.5) is 14.5 Å². The van der Waals surface area contributed by atoms with E-state index in [2.05, 4.69) is 15.5 Å². The van der Waals surface area contributed by atoms with Crippen LogP contribution < -0.4 is 10.6 Å². The molecular formula is C18H19F2N3O3S. The number of carbonyl (C=O) groups is 2. The van der Waals surface area contributed by atoms with Crippen molar-refractivity contribution in [3.05, 3.63) is 54.0 Å². The number of nitrogens with one attached hydrogen (secondary N) is 2. The minimum absolute atomic E-state index is 0.00786. The lowest BCUT2D eigenvalue weighted by atomic mass is 10.1. The molecule has 144 valence electrons. The molecule has 2 N–H and O–H groups in total. The van der Waals surface area contributed by atoms with Crippen molar-refractivity contribution in [3.8, 4) is 0 Å². The third kappa shape index (κ3) is 5.08. The van der Waals surface area contributed by atoms with Gasteiger partial charge in [-0.3, -0.25) is 14.5 Å². The number of thioether (sulfide) groups is 1. The first-order valence-corrected chi connectivity index (χ1v) is 9.58. The fraction of sp³-hybridized carbons (Fsp3) is 0.333. The number of anilines is 1. The van der Waals surface area contributed by atoms with Gasteiger partial charge in [-0.05, 0) is 18.2 Å². The van der Waals surface area contributed by atoms with Gasteiger partial charge in [0.2, 0.25) is 0 Å². The van der Waals surface area contributed by atoms with Crippen LogP contribution in [0, 0.1) is 11.6 Å². The molecule has 9 heteroatoms. The summed E-state index contributed by atoms with van der Waals surface area (Å²) in [6.45, 7) is 1.98. The summed E-state index contributed by atoms with van der Waals surface area (Å²) in [4.78, 5) is 26.4. The number of hydrogen-bond donors (Lipinski definition) is 2. The molecule has 0 bridgehead atoms. The van der Waals surface area contributed by atoms with Crippen LogP contribution >= 0.6 is 11.8 Å². The minimum atomic E-state index is -1.10. The number of carbonyl (C=O) groups excluding carboxylic acids is 2. The van der Waals surface area contributed by atoms with Gasteiger partial charge in [-0.1, -0.05) is 0 Å². The Morgan fingerprint density at radius 1 is 1.15 bits per heavy atom. The van der Waals surface area contributed by atoms with Crippen LogP contribution in [-0.2, 0) is 9.59 Å². The second-order valence-corrected chi connectivity index (χ2v) is 7.24. The Labute approximate surface area is 159 Å². The van der Waals surface area contributed by atoms with E-state index in [0.29, 0.717) is 0 Å². The van der Waals surface area contributed by atoms with E-state index < -0.39 is 23.4 Å². The van der Waals surface area contributed by atoms with Crippen molar-refractivity contribution < 1.29 is 22.8 Å². The van der Waals surface area contributed by atoms with Crippen LogP contribution in [0.15, 0.2) is 41.2 Å². The van der Waals surface area contributed by atoms with Crippen molar-refractivity contribution in [1.82, 2.24) is 10.2 Å². The second-order valence-electron chi connectivity index (χ2n) is 6.01. The standard InChI is InChI=1S/C18H19F2N3O3S/c19-14-2-1-13(9-15(14)20)22-18(25)17(24)21-10-16(12-3-6-26-11-12)23-4-7-27-8-5-23/h1-3,6,9,11,16H,4-5,7-8,10H2,(H,21,24)(H,22,25)/t16-/m1/s1. The molecule has 1 saturated heterocycles. The fourth-order valence-electron chi connectivity index (χ4n) is 2.84. The number of benzene rings is 1. The predicted molar refractivity (Wildman–Crippen MR) is 98.3 cm³/mol. The maximum atomic E-state index is 13.2. The molecular weight excluding hydrogens is 376 g/mol. The van der Waals surface area contributed by atoms with Crippen LogP contribution in [-0.4, -0.2) is 47.9 Å². The third-order valence-electron chi connectivity index (χ3n) is 4.25. The summed E-state index contributed by atoms with van der Waals surface area (Å²) in [7, 11) is 0. The average molecular weight is 395 g/mol. The van der Waals surface area contributed by atoms with Gasteiger partial charge in [0.25, 0.3) is 0 Å². The van der Waals surface area contributed by atoms with Gasteiger partial charge in [-0.15, -0.1) is 0 Å². The monoisotopic (exact) mass is 395 g/mol. The molecule has 2 aromatic rings. The van der Waals surface area contributed by atoms with Crippen molar-refractivity contribution >= 4 is 29.3 Å². The maximum absolute atomic E-state index is 13.2. The molecule has 1 aromatic heterocycles. The first-order valence-electron chi connectivity index (χ1n) is 8.42. The Morgan fingerprint density at radius 2 is 1.93 bits per heavy atom. The summed E-state index contributed by atoms with van der Waals surface area (Å²) in [5, 5.41) is 4.86. The first-order chi connectivity index (χ1) is 13.0. The fourth-order valence-corrected chi connectivity index (χ4v) is 3.77. The van der Waals surface area contributed by atoms with Crippen molar-refractivity contribution in [2.45, 2.75) is 6.04 Å². The Kier molecular flexibility index (Phi) is 6.46. The first kappa shape index (κ1) is 19.4. The minimum Gasteiger partial charge on any atom is -0.472 e. The number of furan rings is 1. The number of amides is 2. The summed E-state index contributed by atoms with van der Waals surface area (Å²) in [5.41, 5.74) is 0.928. The van der Waals surface area contributed by atoms with Crippen molar-refractivity contribution in [3.63, 3.8) is 0 Å². The van der Waals surface area contributed by atoms with Crippen LogP contribution in [0.2, 0.25) is 0 Å². The van der Waals surface area contributed by atoms with E-state index in [1.807, 2.05) is 17.8 Å². The van der Waals surface area contributed by atoms with Gasteiger partial charge in [0.05, 0.1) is 18.6 Å². The highest BCUT2D eigenvalue weighted by atomic mass is 32.2. The van der Waals surface area contributed by atoms with E-state index in [9.17, 15) is 18.4 Å². The van der Waals surface area contributed by atoms with E-state index >= 15 is 0 Å². The predicted octanol–water partition coefficient (Wildman–Crippen LogP) is 2.40. The van der Waals surface area contributed by atoms with E-state index in [1.54, 1.807) is 12.5 Å². The lowest BCUT2D eigenvalue weighted by Gasteiger charge is -2.33. The van der Waals surface area contributed by atoms with E-state index in [1.165, 1.54) is 6.07 Å². The maximum Gasteiger partial charge on any atom is 0.313 e. The summed E-state index contributed by atoms with van der Waals surface area (Å²) < 4.78 is 31.3. The molecule has 27 heavy (non-hydrogen) atoms. The highest BCUT2D eigenvalue weighted by Gasteiger charge is 2.25. The van der Waals surface area contributed by atoms with Gasteiger partial charge in [-0.2, -0.15) is 11.8 Å². The van der Waals surface area contributed by atoms with Gasteiger partial charge >= 0.3 is 11.8 Å². The highest BCUT2D eigenvalue weighted by Crippen LogP contribution is 2.24. The molecule has 2 amide bonds. The van der Waals surface area contributed by atoms with Gasteiger partial charge < -0.3 is 15.1 Å². The number of nitrogens with zero attached hydrogens (tertiary/aromatic N) is 1. The molecule has 2 heterocycles. The third-order valence-corrected chi connectivity index (χ3v) is 5.20. The molecule has 0 saturated carbocycles. The highest BCUT2D eigenvalue weighted by molar-refractivity contribution is 7.99. The number of hydrogen-bond acceptors (Lipinski definition) is 5. The quantitative estimate of drug-likeness (QED) is 0.761. The second kappa shape index (κ2) is 9.01. The van der Waals surface area contributed by atoms with Crippen molar-refractivity contribution in [1.29, 1.82) is 0 Å². The normalized spacial score (nSPS) is 15.9. The molecule has 0 radical (unpaired) electrons. The van der Waals surface area contributed by atoms with E-state index in [4.69, 9.17) is 4.42 Å². The molecule has 0 spiro atoms. The number of rotatable bonds is 5. The molecule has 1 aromatic carbocycles. The van der Waals surface area contributed by atoms with Crippen LogP contribution in [0.3, 0.4) is 0 Å². The average Bonchev–Trinajstić information content (AvgIpc) is 3.20. The van der Waals surface area contributed by atoms with Crippen LogP contribution in [0.1, 0.15) is 11.6 Å². The van der Waals surface area contributed by atoms with Gasteiger partial charge in [0, 0.05) is 48.5 Å². The molecule has 6 nitrogen and oxygen atoms in total. The molecule has 1 fully saturated rings. The lowest BCUT2D eigenvalue weighted by molar-refractivity contribution is -0.136. The smallest absolute Gasteiger partial charge is 0.313 e. The molecule has 1 aliphatic heterocycles. The SMILES string of the molecule is O=C(NC[C@H](c1ccoc1)N1CCSCC1)C(=O)Nc1ccc(F)c(F)c1. The van der Waals surface area contributed by atoms with Crippen LogP contribution in [0.25, 0.3) is 0 Å². The summed E-state index contributed by atoms with van der Waals surface area (Å²) in [6, 6.07) is 4.61. The molecule has 1 atom stereocenters. The van der Waals surface area contributed by atoms with Gasteiger partial charge in [0.15, 0.2) is 11.6 Å². The van der Waals surface area contributed by atoms with Crippen molar-refractivity contribution in [2.75, 3.05) is 36.5 Å². The topological polar surface area (TPSA) is 74.6 Å². The Morgan fingerprint density at radius 3 is 2.59 bits per heavy atom. The zero-order valence-electron chi connectivity index (χ0n) is 14.4. The molecule has 1 aliphatic rings. The lowest BCUT2D eigenvalue weighted by Crippen LogP contribution is -2.44. The molecule has 0 aliphatic carbocycles. The summed E-state index contributed by atoms with van der Waals surface area (Å²) in [5.74, 6) is -1.92. The van der Waals surface area contributed by atoms with E-state index in [0.717, 1.165) is 42.3 Å². The number of halogens is 2. The van der Waals surface area contributed by atoms with Crippen molar-refractivity contribution in [2.24, 2.45) is 0 Å². The summed E-state index contributed by atoms with van der Waals surface area (Å²) in [6.07, 6.45) is 3.19. The van der Waals surface area contributed by atoms with Gasteiger partial charge in [-0.25, -0.2) is 8.78 Å². The van der Waals surface area contributed by atoms with Gasteiger partial charge in [0.1, 0.15) is 0 Å². The molecule has 0 unspecified atom stereocenters. The zero-order chi connectivity index (χ0) is 19.2. The largest absolute Gasteiger partial charge is 0.472 e.